The molecule has 1 saturated heterocycles. The third kappa shape index (κ3) is 2.96. The highest BCUT2D eigenvalue weighted by molar-refractivity contribution is 5.37. The summed E-state index contributed by atoms with van der Waals surface area (Å²) >= 11 is 0. The van der Waals surface area contributed by atoms with Crippen molar-refractivity contribution in [3.8, 4) is 11.8 Å². The highest BCUT2D eigenvalue weighted by Gasteiger charge is 2.17. The lowest BCUT2D eigenvalue weighted by molar-refractivity contribution is 0.204. The van der Waals surface area contributed by atoms with Gasteiger partial charge in [0.25, 0.3) is 0 Å². The normalized spacial score (nSPS) is 19.3. The maximum absolute atomic E-state index is 13.5. The molecule has 0 amide bonds. The van der Waals surface area contributed by atoms with E-state index < -0.39 is 11.6 Å². The molecule has 0 spiro atoms. The van der Waals surface area contributed by atoms with Gasteiger partial charge in [0.1, 0.15) is 0 Å². The van der Waals surface area contributed by atoms with Crippen molar-refractivity contribution in [2.24, 2.45) is 5.92 Å². The average Bonchev–Trinajstić information content (AvgIpc) is 2.38. The Morgan fingerprint density at radius 2 is 2.11 bits per heavy atom. The van der Waals surface area contributed by atoms with Crippen molar-refractivity contribution in [3.05, 3.63) is 29.3 Å². The van der Waals surface area contributed by atoms with Gasteiger partial charge in [0.15, 0.2) is 17.4 Å². The lowest BCUT2D eigenvalue weighted by Crippen LogP contribution is -2.33. The molecule has 1 fully saturated rings. The predicted molar refractivity (Wildman–Crippen MR) is 62.2 cm³/mol. The summed E-state index contributed by atoms with van der Waals surface area (Å²) in [6.07, 6.45) is 2.04. The molecule has 1 aliphatic rings. The van der Waals surface area contributed by atoms with Crippen LogP contribution in [0, 0.1) is 28.9 Å². The van der Waals surface area contributed by atoms with Crippen LogP contribution in [0.2, 0.25) is 0 Å². The van der Waals surface area contributed by atoms with Gasteiger partial charge in [-0.05, 0) is 31.5 Å². The smallest absolute Gasteiger partial charge is 0.190 e. The van der Waals surface area contributed by atoms with Crippen molar-refractivity contribution in [1.82, 2.24) is 5.32 Å². The van der Waals surface area contributed by atoms with E-state index in [0.29, 0.717) is 0 Å². The topological polar surface area (TPSA) is 45.0 Å². The monoisotopic (exact) mass is 252 g/mol. The molecule has 5 heteroatoms. The molecule has 1 unspecified atom stereocenters. The fourth-order valence-electron chi connectivity index (χ4n) is 2.03. The Bertz CT molecular complexity index is 442. The number of nitrogens with zero attached hydrogens (tertiary/aromatic N) is 1. The van der Waals surface area contributed by atoms with Gasteiger partial charge in [0.05, 0.1) is 18.2 Å². The summed E-state index contributed by atoms with van der Waals surface area (Å²) in [7, 11) is 0. The lowest BCUT2D eigenvalue weighted by Gasteiger charge is -2.22. The number of benzene rings is 1. The number of nitriles is 1. The molecular weight excluding hydrogens is 238 g/mol. The largest absolute Gasteiger partial charge is 0.487 e. The summed E-state index contributed by atoms with van der Waals surface area (Å²) in [4.78, 5) is 0. The Morgan fingerprint density at radius 1 is 1.39 bits per heavy atom. The van der Waals surface area contributed by atoms with Gasteiger partial charge < -0.3 is 10.1 Å². The number of hydrogen-bond donors (Lipinski definition) is 1. The molecule has 1 atom stereocenters. The lowest BCUT2D eigenvalue weighted by atomic mass is 10.0. The van der Waals surface area contributed by atoms with E-state index in [4.69, 9.17) is 10.00 Å². The van der Waals surface area contributed by atoms with E-state index >= 15 is 0 Å². The molecular formula is C13H14F2N2O. The van der Waals surface area contributed by atoms with E-state index in [2.05, 4.69) is 5.32 Å². The highest BCUT2D eigenvalue weighted by atomic mass is 19.1. The number of nitrogens with one attached hydrogen (secondary N) is 1. The zero-order valence-electron chi connectivity index (χ0n) is 9.88. The summed E-state index contributed by atoms with van der Waals surface area (Å²) in [5.41, 5.74) is -0.0447. The molecule has 0 saturated carbocycles. The molecule has 0 bridgehead atoms. The summed E-state index contributed by atoms with van der Waals surface area (Å²) in [5.74, 6) is -1.77. The fourth-order valence-corrected chi connectivity index (χ4v) is 2.03. The Morgan fingerprint density at radius 3 is 2.67 bits per heavy atom. The average molecular weight is 252 g/mol. The third-order valence-electron chi connectivity index (χ3n) is 2.99. The first-order valence-corrected chi connectivity index (χ1v) is 5.93. The highest BCUT2D eigenvalue weighted by Crippen LogP contribution is 2.24. The summed E-state index contributed by atoms with van der Waals surface area (Å²) in [5, 5.41) is 11.8. The van der Waals surface area contributed by atoms with Gasteiger partial charge in [-0.15, -0.1) is 0 Å². The van der Waals surface area contributed by atoms with E-state index in [9.17, 15) is 8.78 Å². The van der Waals surface area contributed by atoms with Crippen LogP contribution in [-0.2, 0) is 0 Å². The van der Waals surface area contributed by atoms with Gasteiger partial charge >= 0.3 is 0 Å². The van der Waals surface area contributed by atoms with E-state index in [-0.39, 0.29) is 23.8 Å². The fraction of sp³-hybridized carbons (Fsp3) is 0.462. The standard InChI is InChI=1S/C13H14F2N2O/c14-11-4-10(6-16)5-12(15)13(11)18-8-9-2-1-3-17-7-9/h4-5,9,17H,1-3,7-8H2. The third-order valence-corrected chi connectivity index (χ3v) is 2.99. The van der Waals surface area contributed by atoms with Crippen LogP contribution >= 0.6 is 0 Å². The Kier molecular flexibility index (Phi) is 4.11. The molecule has 1 heterocycles. The van der Waals surface area contributed by atoms with Crippen LogP contribution in [0.15, 0.2) is 12.1 Å². The van der Waals surface area contributed by atoms with Gasteiger partial charge in [-0.25, -0.2) is 8.78 Å². The molecule has 1 aromatic carbocycles. The van der Waals surface area contributed by atoms with Crippen LogP contribution in [0.1, 0.15) is 18.4 Å². The zero-order valence-corrected chi connectivity index (χ0v) is 9.88. The number of piperidine rings is 1. The van der Waals surface area contributed by atoms with E-state index in [1.165, 1.54) is 0 Å². The minimum Gasteiger partial charge on any atom is -0.487 e. The van der Waals surface area contributed by atoms with Crippen LogP contribution in [0.3, 0.4) is 0 Å². The van der Waals surface area contributed by atoms with Crippen LogP contribution in [0.4, 0.5) is 8.78 Å². The molecule has 0 radical (unpaired) electrons. The van der Waals surface area contributed by atoms with Crippen molar-refractivity contribution >= 4 is 0 Å². The van der Waals surface area contributed by atoms with Gasteiger partial charge in [0.2, 0.25) is 0 Å². The minimum absolute atomic E-state index is 0.0447. The first-order valence-electron chi connectivity index (χ1n) is 5.93. The van der Waals surface area contributed by atoms with Crippen molar-refractivity contribution in [3.63, 3.8) is 0 Å². The number of hydrogen-bond acceptors (Lipinski definition) is 3. The molecule has 18 heavy (non-hydrogen) atoms. The molecule has 0 aliphatic carbocycles. The second-order valence-corrected chi connectivity index (χ2v) is 4.40. The molecule has 3 nitrogen and oxygen atoms in total. The Labute approximate surface area is 104 Å². The van der Waals surface area contributed by atoms with E-state index in [1.807, 2.05) is 0 Å². The molecule has 2 rings (SSSR count). The Balaban J connectivity index is 2.02. The quantitative estimate of drug-likeness (QED) is 0.897. The van der Waals surface area contributed by atoms with Crippen LogP contribution in [0.5, 0.6) is 5.75 Å². The van der Waals surface area contributed by atoms with Crippen molar-refractivity contribution in [2.75, 3.05) is 19.7 Å². The van der Waals surface area contributed by atoms with Gasteiger partial charge in [-0.3, -0.25) is 0 Å². The number of ether oxygens (including phenoxy) is 1. The molecule has 1 aliphatic heterocycles. The first-order chi connectivity index (χ1) is 8.70. The van der Waals surface area contributed by atoms with Crippen LogP contribution in [-0.4, -0.2) is 19.7 Å². The van der Waals surface area contributed by atoms with Gasteiger partial charge in [-0.1, -0.05) is 0 Å². The second-order valence-electron chi connectivity index (χ2n) is 4.40. The second kappa shape index (κ2) is 5.78. The van der Waals surface area contributed by atoms with Gasteiger partial charge in [0, 0.05) is 12.5 Å². The number of halogens is 2. The predicted octanol–water partition coefficient (Wildman–Crippen LogP) is 2.21. The minimum atomic E-state index is -0.824. The van der Waals surface area contributed by atoms with Crippen LogP contribution in [0.25, 0.3) is 0 Å². The summed E-state index contributed by atoms with van der Waals surface area (Å²) in [6.45, 7) is 2.07. The van der Waals surface area contributed by atoms with E-state index in [1.54, 1.807) is 6.07 Å². The Hall–Kier alpha value is -1.67. The zero-order chi connectivity index (χ0) is 13.0. The maximum Gasteiger partial charge on any atom is 0.190 e. The number of rotatable bonds is 3. The van der Waals surface area contributed by atoms with Crippen LogP contribution < -0.4 is 10.1 Å². The molecule has 1 N–H and O–H groups in total. The van der Waals surface area contributed by atoms with E-state index in [0.717, 1.165) is 38.1 Å². The first kappa shape index (κ1) is 12.8. The molecule has 1 aromatic rings. The summed E-state index contributed by atoms with van der Waals surface area (Å²) < 4.78 is 32.2. The SMILES string of the molecule is N#Cc1cc(F)c(OCC2CCCNC2)c(F)c1. The van der Waals surface area contributed by atoms with Crippen molar-refractivity contribution < 1.29 is 13.5 Å². The van der Waals surface area contributed by atoms with Crippen molar-refractivity contribution in [2.45, 2.75) is 12.8 Å². The van der Waals surface area contributed by atoms with Crippen molar-refractivity contribution in [1.29, 1.82) is 5.26 Å². The summed E-state index contributed by atoms with van der Waals surface area (Å²) in [6, 6.07) is 3.66. The molecule has 96 valence electrons. The molecule has 0 aromatic heterocycles. The van der Waals surface area contributed by atoms with Gasteiger partial charge in [-0.2, -0.15) is 5.26 Å². The maximum atomic E-state index is 13.5.